The van der Waals surface area contributed by atoms with E-state index in [0.717, 1.165) is 16.6 Å². The SMILES string of the molecule is CC1OCCC1(O)CNc1cc(=O)n(C)c2ccccc12. The van der Waals surface area contributed by atoms with Crippen LogP contribution in [0.1, 0.15) is 13.3 Å². The standard InChI is InChI=1S/C16H20N2O3/c1-11-16(20,7-8-21-11)10-17-13-9-15(19)18(2)14-6-4-3-5-12(13)14/h3-6,9,11,17,20H,7-8,10H2,1-2H3. The number of nitrogens with one attached hydrogen (secondary N) is 1. The van der Waals surface area contributed by atoms with Gasteiger partial charge in [0.05, 0.1) is 11.6 Å². The summed E-state index contributed by atoms with van der Waals surface area (Å²) in [5.41, 5.74) is 0.665. The van der Waals surface area contributed by atoms with Crippen molar-refractivity contribution in [1.82, 2.24) is 4.57 Å². The third-order valence-electron chi connectivity index (χ3n) is 4.40. The topological polar surface area (TPSA) is 63.5 Å². The Hall–Kier alpha value is -1.85. The Morgan fingerprint density at radius 1 is 1.48 bits per heavy atom. The van der Waals surface area contributed by atoms with Crippen molar-refractivity contribution in [3.63, 3.8) is 0 Å². The molecular weight excluding hydrogens is 268 g/mol. The lowest BCUT2D eigenvalue weighted by Crippen LogP contribution is -2.43. The van der Waals surface area contributed by atoms with Crippen LogP contribution in [0, 0.1) is 0 Å². The normalized spacial score (nSPS) is 25.4. The van der Waals surface area contributed by atoms with Crippen LogP contribution in [-0.2, 0) is 11.8 Å². The van der Waals surface area contributed by atoms with Crippen molar-refractivity contribution in [2.45, 2.75) is 25.0 Å². The first-order chi connectivity index (χ1) is 10.0. The van der Waals surface area contributed by atoms with E-state index in [9.17, 15) is 9.90 Å². The first kappa shape index (κ1) is 14.1. The Bertz CT molecular complexity index is 725. The summed E-state index contributed by atoms with van der Waals surface area (Å²) in [6, 6.07) is 9.31. The van der Waals surface area contributed by atoms with E-state index in [1.165, 1.54) is 0 Å². The number of aliphatic hydroxyl groups is 1. The lowest BCUT2D eigenvalue weighted by atomic mass is 9.96. The zero-order chi connectivity index (χ0) is 15.0. The number of nitrogens with zero attached hydrogens (tertiary/aromatic N) is 1. The molecule has 21 heavy (non-hydrogen) atoms. The maximum Gasteiger partial charge on any atom is 0.252 e. The molecular formula is C16H20N2O3. The maximum absolute atomic E-state index is 12.0. The molecule has 0 saturated carbocycles. The number of aromatic nitrogens is 1. The highest BCUT2D eigenvalue weighted by atomic mass is 16.5. The quantitative estimate of drug-likeness (QED) is 0.898. The average molecular weight is 288 g/mol. The molecule has 2 N–H and O–H groups in total. The monoisotopic (exact) mass is 288 g/mol. The van der Waals surface area contributed by atoms with E-state index in [2.05, 4.69) is 5.32 Å². The van der Waals surface area contributed by atoms with Crippen LogP contribution in [0.3, 0.4) is 0 Å². The van der Waals surface area contributed by atoms with Crippen LogP contribution in [-0.4, -0.2) is 34.5 Å². The number of aryl methyl sites for hydroxylation is 1. The highest BCUT2D eigenvalue weighted by molar-refractivity contribution is 5.91. The Balaban J connectivity index is 1.94. The fourth-order valence-corrected chi connectivity index (χ4v) is 2.81. The van der Waals surface area contributed by atoms with Gasteiger partial charge in [0.1, 0.15) is 5.60 Å². The largest absolute Gasteiger partial charge is 0.385 e. The molecule has 1 fully saturated rings. The van der Waals surface area contributed by atoms with Gasteiger partial charge in [0.15, 0.2) is 0 Å². The summed E-state index contributed by atoms with van der Waals surface area (Å²) in [5, 5.41) is 14.7. The summed E-state index contributed by atoms with van der Waals surface area (Å²) < 4.78 is 7.05. The maximum atomic E-state index is 12.0. The molecule has 0 bridgehead atoms. The van der Waals surface area contributed by atoms with Gasteiger partial charge in [0, 0.05) is 43.8 Å². The predicted molar refractivity (Wildman–Crippen MR) is 82.7 cm³/mol. The molecule has 2 heterocycles. The van der Waals surface area contributed by atoms with Gasteiger partial charge < -0.3 is 19.7 Å². The van der Waals surface area contributed by atoms with E-state index in [1.54, 1.807) is 17.7 Å². The molecule has 5 heteroatoms. The second kappa shape index (κ2) is 5.16. The molecule has 1 aliphatic rings. The first-order valence-electron chi connectivity index (χ1n) is 7.18. The van der Waals surface area contributed by atoms with E-state index in [1.807, 2.05) is 31.2 Å². The van der Waals surface area contributed by atoms with Crippen molar-refractivity contribution in [2.24, 2.45) is 7.05 Å². The van der Waals surface area contributed by atoms with Gasteiger partial charge in [-0.3, -0.25) is 4.79 Å². The van der Waals surface area contributed by atoms with Crippen LogP contribution in [0.2, 0.25) is 0 Å². The van der Waals surface area contributed by atoms with Crippen LogP contribution < -0.4 is 10.9 Å². The van der Waals surface area contributed by atoms with Crippen molar-refractivity contribution < 1.29 is 9.84 Å². The minimum absolute atomic E-state index is 0.0705. The molecule has 0 radical (unpaired) electrons. The minimum atomic E-state index is -0.887. The van der Waals surface area contributed by atoms with Crippen molar-refractivity contribution in [3.8, 4) is 0 Å². The number of para-hydroxylation sites is 1. The Labute approximate surface area is 123 Å². The van der Waals surface area contributed by atoms with Gasteiger partial charge in [-0.25, -0.2) is 0 Å². The Morgan fingerprint density at radius 2 is 2.24 bits per heavy atom. The molecule has 1 saturated heterocycles. The zero-order valence-electron chi connectivity index (χ0n) is 12.3. The molecule has 1 aromatic heterocycles. The Kier molecular flexibility index (Phi) is 3.47. The number of fused-ring (bicyclic) bond motifs is 1. The molecule has 0 amide bonds. The second-order valence-corrected chi connectivity index (χ2v) is 5.69. The number of hydrogen-bond donors (Lipinski definition) is 2. The predicted octanol–water partition coefficient (Wildman–Crippen LogP) is 1.49. The van der Waals surface area contributed by atoms with E-state index < -0.39 is 5.60 Å². The molecule has 1 aromatic carbocycles. The molecule has 112 valence electrons. The first-order valence-corrected chi connectivity index (χ1v) is 7.18. The number of pyridine rings is 1. The molecule has 0 aliphatic carbocycles. The highest BCUT2D eigenvalue weighted by Crippen LogP contribution is 2.27. The summed E-state index contributed by atoms with van der Waals surface area (Å²) in [4.78, 5) is 12.0. The molecule has 2 atom stereocenters. The third kappa shape index (κ3) is 2.43. The number of benzene rings is 1. The van der Waals surface area contributed by atoms with E-state index >= 15 is 0 Å². The van der Waals surface area contributed by atoms with Gasteiger partial charge >= 0.3 is 0 Å². The third-order valence-corrected chi connectivity index (χ3v) is 4.40. The minimum Gasteiger partial charge on any atom is -0.385 e. The van der Waals surface area contributed by atoms with Gasteiger partial charge in [0.25, 0.3) is 5.56 Å². The average Bonchev–Trinajstić information content (AvgIpc) is 2.81. The molecule has 5 nitrogen and oxygen atoms in total. The summed E-state index contributed by atoms with van der Waals surface area (Å²) in [6.45, 7) is 2.80. The highest BCUT2D eigenvalue weighted by Gasteiger charge is 2.39. The van der Waals surface area contributed by atoms with Crippen LogP contribution >= 0.6 is 0 Å². The second-order valence-electron chi connectivity index (χ2n) is 5.69. The molecule has 1 aliphatic heterocycles. The summed E-state index contributed by atoms with van der Waals surface area (Å²) in [7, 11) is 1.76. The summed E-state index contributed by atoms with van der Waals surface area (Å²) in [5.74, 6) is 0. The lowest BCUT2D eigenvalue weighted by Gasteiger charge is -2.27. The van der Waals surface area contributed by atoms with Gasteiger partial charge in [0.2, 0.25) is 0 Å². The summed E-state index contributed by atoms with van der Waals surface area (Å²) >= 11 is 0. The van der Waals surface area contributed by atoms with Crippen molar-refractivity contribution in [1.29, 1.82) is 0 Å². The van der Waals surface area contributed by atoms with Crippen LogP contribution in [0.5, 0.6) is 0 Å². The van der Waals surface area contributed by atoms with Gasteiger partial charge in [-0.1, -0.05) is 18.2 Å². The number of ether oxygens (including phenoxy) is 1. The van der Waals surface area contributed by atoms with Gasteiger partial charge in [-0.05, 0) is 13.0 Å². The van der Waals surface area contributed by atoms with E-state index in [4.69, 9.17) is 4.74 Å². The fraction of sp³-hybridized carbons (Fsp3) is 0.438. The number of hydrogen-bond acceptors (Lipinski definition) is 4. The van der Waals surface area contributed by atoms with Crippen molar-refractivity contribution in [3.05, 3.63) is 40.7 Å². The van der Waals surface area contributed by atoms with Crippen LogP contribution in [0.15, 0.2) is 35.1 Å². The van der Waals surface area contributed by atoms with Gasteiger partial charge in [-0.15, -0.1) is 0 Å². The lowest BCUT2D eigenvalue weighted by molar-refractivity contribution is -0.0175. The van der Waals surface area contributed by atoms with Gasteiger partial charge in [-0.2, -0.15) is 0 Å². The Morgan fingerprint density at radius 3 is 2.95 bits per heavy atom. The van der Waals surface area contributed by atoms with Crippen LogP contribution in [0.25, 0.3) is 10.9 Å². The molecule has 2 unspecified atom stereocenters. The van der Waals surface area contributed by atoms with E-state index in [-0.39, 0.29) is 11.7 Å². The smallest absolute Gasteiger partial charge is 0.252 e. The number of anilines is 1. The molecule has 3 rings (SSSR count). The van der Waals surface area contributed by atoms with E-state index in [0.29, 0.717) is 19.6 Å². The number of rotatable bonds is 3. The van der Waals surface area contributed by atoms with Crippen LogP contribution in [0.4, 0.5) is 5.69 Å². The fourth-order valence-electron chi connectivity index (χ4n) is 2.81. The zero-order valence-corrected chi connectivity index (χ0v) is 12.3. The molecule has 2 aromatic rings. The van der Waals surface area contributed by atoms with Crippen molar-refractivity contribution in [2.75, 3.05) is 18.5 Å². The summed E-state index contributed by atoms with van der Waals surface area (Å²) in [6.07, 6.45) is 0.395. The van der Waals surface area contributed by atoms with Crippen molar-refractivity contribution >= 4 is 16.6 Å². The molecule has 0 spiro atoms.